The number of carbonyl (C=O) groups excluding carboxylic acids is 2. The van der Waals surface area contributed by atoms with Crippen molar-refractivity contribution in [3.05, 3.63) is 65.7 Å². The number of hydrogen-bond acceptors (Lipinski definition) is 3. The molecule has 0 unspecified atom stereocenters. The van der Waals surface area contributed by atoms with Crippen molar-refractivity contribution in [3.63, 3.8) is 0 Å². The van der Waals surface area contributed by atoms with E-state index in [4.69, 9.17) is 4.74 Å². The van der Waals surface area contributed by atoms with Crippen molar-refractivity contribution in [3.8, 4) is 0 Å². The van der Waals surface area contributed by atoms with Crippen LogP contribution in [-0.4, -0.2) is 11.9 Å². The van der Waals surface area contributed by atoms with Crippen LogP contribution in [-0.2, 0) is 14.3 Å². The van der Waals surface area contributed by atoms with Gasteiger partial charge in [0.05, 0.1) is 5.92 Å². The summed E-state index contributed by atoms with van der Waals surface area (Å²) in [4.78, 5) is 24.9. The van der Waals surface area contributed by atoms with E-state index < -0.39 is 6.10 Å². The SMILES string of the molecule is Cc1ccc(NC(=O)[C@H](OC(=O)C2CCC2)c2ccccc2)cc1. The van der Waals surface area contributed by atoms with Crippen LogP contribution in [0, 0.1) is 12.8 Å². The molecular formula is C20H21NO3. The van der Waals surface area contributed by atoms with Crippen LogP contribution in [0.15, 0.2) is 54.6 Å². The summed E-state index contributed by atoms with van der Waals surface area (Å²) < 4.78 is 5.55. The first kappa shape index (κ1) is 16.2. The fourth-order valence-corrected chi connectivity index (χ4v) is 2.60. The van der Waals surface area contributed by atoms with Gasteiger partial charge >= 0.3 is 5.97 Å². The molecule has 1 aliphatic rings. The number of nitrogens with one attached hydrogen (secondary N) is 1. The zero-order valence-corrected chi connectivity index (χ0v) is 13.7. The molecule has 0 spiro atoms. The third kappa shape index (κ3) is 3.82. The molecule has 1 fully saturated rings. The third-order valence-electron chi connectivity index (χ3n) is 4.33. The maximum atomic E-state index is 12.7. The van der Waals surface area contributed by atoms with Crippen molar-refractivity contribution < 1.29 is 14.3 Å². The molecule has 124 valence electrons. The smallest absolute Gasteiger partial charge is 0.310 e. The van der Waals surface area contributed by atoms with Crippen LogP contribution in [0.5, 0.6) is 0 Å². The minimum absolute atomic E-state index is 0.0663. The van der Waals surface area contributed by atoms with Gasteiger partial charge in [-0.1, -0.05) is 54.4 Å². The second-order valence-corrected chi connectivity index (χ2v) is 6.21. The zero-order valence-electron chi connectivity index (χ0n) is 13.7. The zero-order chi connectivity index (χ0) is 16.9. The van der Waals surface area contributed by atoms with Gasteiger partial charge in [-0.05, 0) is 31.9 Å². The van der Waals surface area contributed by atoms with Crippen molar-refractivity contribution in [1.82, 2.24) is 0 Å². The topological polar surface area (TPSA) is 55.4 Å². The fraction of sp³-hybridized carbons (Fsp3) is 0.300. The van der Waals surface area contributed by atoms with E-state index in [1.165, 1.54) is 0 Å². The molecule has 4 heteroatoms. The van der Waals surface area contributed by atoms with Crippen molar-refractivity contribution in [2.24, 2.45) is 5.92 Å². The summed E-state index contributed by atoms with van der Waals surface area (Å²) in [6.07, 6.45) is 1.81. The Labute approximate surface area is 141 Å². The molecule has 4 nitrogen and oxygen atoms in total. The number of hydrogen-bond donors (Lipinski definition) is 1. The highest BCUT2D eigenvalue weighted by Crippen LogP contribution is 2.30. The molecule has 2 aromatic carbocycles. The monoisotopic (exact) mass is 323 g/mol. The summed E-state index contributed by atoms with van der Waals surface area (Å²) in [5.74, 6) is -0.685. The van der Waals surface area contributed by atoms with Crippen LogP contribution in [0.1, 0.15) is 36.5 Å². The largest absolute Gasteiger partial charge is 0.447 e. The highest BCUT2D eigenvalue weighted by Gasteiger charge is 2.32. The highest BCUT2D eigenvalue weighted by molar-refractivity contribution is 5.96. The molecule has 1 N–H and O–H groups in total. The van der Waals surface area contributed by atoms with Crippen LogP contribution in [0.25, 0.3) is 0 Å². The Kier molecular flexibility index (Phi) is 4.94. The van der Waals surface area contributed by atoms with Crippen LogP contribution < -0.4 is 5.32 Å². The number of esters is 1. The first-order valence-corrected chi connectivity index (χ1v) is 8.26. The summed E-state index contributed by atoms with van der Waals surface area (Å²) in [5, 5.41) is 2.83. The van der Waals surface area contributed by atoms with Gasteiger partial charge in [-0.3, -0.25) is 9.59 Å². The van der Waals surface area contributed by atoms with Gasteiger partial charge in [-0.2, -0.15) is 0 Å². The first-order valence-electron chi connectivity index (χ1n) is 8.26. The van der Waals surface area contributed by atoms with E-state index in [2.05, 4.69) is 5.32 Å². The first-order chi connectivity index (χ1) is 11.6. The predicted octanol–water partition coefficient (Wildman–Crippen LogP) is 4.02. The van der Waals surface area contributed by atoms with Gasteiger partial charge < -0.3 is 10.1 Å². The molecule has 0 aromatic heterocycles. The molecule has 2 aromatic rings. The van der Waals surface area contributed by atoms with Crippen molar-refractivity contribution in [1.29, 1.82) is 0 Å². The molecule has 0 heterocycles. The van der Waals surface area contributed by atoms with E-state index in [1.54, 1.807) is 12.1 Å². The molecular weight excluding hydrogens is 302 g/mol. The average molecular weight is 323 g/mol. The Morgan fingerprint density at radius 3 is 2.29 bits per heavy atom. The van der Waals surface area contributed by atoms with Crippen LogP contribution in [0.3, 0.4) is 0 Å². The second kappa shape index (κ2) is 7.30. The lowest BCUT2D eigenvalue weighted by atomic mass is 9.85. The van der Waals surface area contributed by atoms with E-state index >= 15 is 0 Å². The Bertz CT molecular complexity index is 705. The van der Waals surface area contributed by atoms with Crippen LogP contribution in [0.4, 0.5) is 5.69 Å². The van der Waals surface area contributed by atoms with Gasteiger partial charge in [-0.15, -0.1) is 0 Å². The number of benzene rings is 2. The standard InChI is InChI=1S/C20H21NO3/c1-14-10-12-17(13-11-14)21-19(22)18(15-6-3-2-4-7-15)24-20(23)16-8-5-9-16/h2-4,6-7,10-13,16,18H,5,8-9H2,1H3,(H,21,22)/t18-/m1/s1. The second-order valence-electron chi connectivity index (χ2n) is 6.21. The van der Waals surface area contributed by atoms with E-state index in [0.717, 1.165) is 24.8 Å². The van der Waals surface area contributed by atoms with Gasteiger partial charge in [0, 0.05) is 11.3 Å². The van der Waals surface area contributed by atoms with E-state index in [9.17, 15) is 9.59 Å². The maximum absolute atomic E-state index is 12.7. The summed E-state index contributed by atoms with van der Waals surface area (Å²) in [7, 11) is 0. The van der Waals surface area contributed by atoms with Crippen molar-refractivity contribution >= 4 is 17.6 Å². The highest BCUT2D eigenvalue weighted by atomic mass is 16.5. The molecule has 1 atom stereocenters. The lowest BCUT2D eigenvalue weighted by Gasteiger charge is -2.26. The lowest BCUT2D eigenvalue weighted by Crippen LogP contribution is -2.31. The number of anilines is 1. The molecule has 1 amide bonds. The minimum Gasteiger partial charge on any atom is -0.447 e. The number of ether oxygens (including phenoxy) is 1. The molecule has 1 saturated carbocycles. The van der Waals surface area contributed by atoms with Crippen molar-refractivity contribution in [2.75, 3.05) is 5.32 Å². The quantitative estimate of drug-likeness (QED) is 0.846. The average Bonchev–Trinajstić information content (AvgIpc) is 2.54. The Morgan fingerprint density at radius 1 is 1.04 bits per heavy atom. The summed E-state index contributed by atoms with van der Waals surface area (Å²) >= 11 is 0. The van der Waals surface area contributed by atoms with E-state index in [1.807, 2.05) is 49.4 Å². The predicted molar refractivity (Wildman–Crippen MR) is 92.4 cm³/mol. The molecule has 1 aliphatic carbocycles. The van der Waals surface area contributed by atoms with Crippen molar-refractivity contribution in [2.45, 2.75) is 32.3 Å². The molecule has 0 radical (unpaired) electrons. The van der Waals surface area contributed by atoms with Gasteiger partial charge in [0.25, 0.3) is 5.91 Å². The van der Waals surface area contributed by atoms with E-state index in [-0.39, 0.29) is 17.8 Å². The van der Waals surface area contributed by atoms with Crippen LogP contribution >= 0.6 is 0 Å². The van der Waals surface area contributed by atoms with Gasteiger partial charge in [-0.25, -0.2) is 0 Å². The molecule has 0 aliphatic heterocycles. The fourth-order valence-electron chi connectivity index (χ4n) is 2.60. The third-order valence-corrected chi connectivity index (χ3v) is 4.33. The number of rotatable bonds is 5. The number of aryl methyl sites for hydroxylation is 1. The van der Waals surface area contributed by atoms with Gasteiger partial charge in [0.2, 0.25) is 6.10 Å². The van der Waals surface area contributed by atoms with E-state index in [0.29, 0.717) is 11.3 Å². The molecule has 0 bridgehead atoms. The number of amides is 1. The molecule has 3 rings (SSSR count). The summed E-state index contributed by atoms with van der Waals surface area (Å²) in [5.41, 5.74) is 2.48. The Hall–Kier alpha value is -2.62. The summed E-state index contributed by atoms with van der Waals surface area (Å²) in [6, 6.07) is 16.7. The maximum Gasteiger partial charge on any atom is 0.310 e. The molecule has 0 saturated heterocycles. The minimum atomic E-state index is -0.930. The van der Waals surface area contributed by atoms with Crippen LogP contribution in [0.2, 0.25) is 0 Å². The van der Waals surface area contributed by atoms with Gasteiger partial charge in [0.1, 0.15) is 0 Å². The normalized spacial score (nSPS) is 15.2. The number of carbonyl (C=O) groups is 2. The Morgan fingerprint density at radius 2 is 1.71 bits per heavy atom. The van der Waals surface area contributed by atoms with Gasteiger partial charge in [0.15, 0.2) is 0 Å². The Balaban J connectivity index is 1.76. The molecule has 24 heavy (non-hydrogen) atoms. The lowest BCUT2D eigenvalue weighted by molar-refractivity contribution is -0.161. The summed E-state index contributed by atoms with van der Waals surface area (Å²) in [6.45, 7) is 1.98.